The maximum absolute atomic E-state index is 12.6. The predicted octanol–water partition coefficient (Wildman–Crippen LogP) is 4.04. The molecule has 3 atom stereocenters. The maximum Gasteiger partial charge on any atom is 0.259 e. The van der Waals surface area contributed by atoms with Crippen LogP contribution in [0.1, 0.15) is 62.2 Å². The third-order valence-corrected chi connectivity index (χ3v) is 8.53. The molecule has 2 aliphatic carbocycles. The number of H-pyrrole nitrogens is 1. The highest BCUT2D eigenvalue weighted by molar-refractivity contribution is 7.99. The van der Waals surface area contributed by atoms with E-state index in [-0.39, 0.29) is 11.5 Å². The van der Waals surface area contributed by atoms with Gasteiger partial charge in [-0.3, -0.25) is 9.59 Å². The number of nitrogens with one attached hydrogen (secondary N) is 2. The van der Waals surface area contributed by atoms with Crippen molar-refractivity contribution in [2.45, 2.75) is 70.6 Å². The zero-order valence-electron chi connectivity index (χ0n) is 16.7. The Bertz CT molecular complexity index is 920. The molecule has 0 saturated heterocycles. The Morgan fingerprint density at radius 2 is 2.07 bits per heavy atom. The summed E-state index contributed by atoms with van der Waals surface area (Å²) >= 11 is 3.19. The van der Waals surface area contributed by atoms with Crippen molar-refractivity contribution in [3.8, 4) is 0 Å². The molecule has 2 heterocycles. The van der Waals surface area contributed by atoms with Crippen molar-refractivity contribution in [2.75, 3.05) is 5.75 Å². The first-order chi connectivity index (χ1) is 13.5. The number of carbonyl (C=O) groups is 1. The van der Waals surface area contributed by atoms with Gasteiger partial charge in [-0.1, -0.05) is 26.7 Å². The molecule has 1 saturated carbocycles. The number of nitrogens with zero attached hydrogens (tertiary/aromatic N) is 1. The summed E-state index contributed by atoms with van der Waals surface area (Å²) in [5.74, 6) is 2.93. The minimum Gasteiger partial charge on any atom is -0.352 e. The number of aromatic nitrogens is 2. The summed E-state index contributed by atoms with van der Waals surface area (Å²) in [6, 6.07) is 0.295. The molecule has 0 unspecified atom stereocenters. The largest absolute Gasteiger partial charge is 0.352 e. The molecular weight excluding hydrogens is 390 g/mol. The van der Waals surface area contributed by atoms with Crippen molar-refractivity contribution in [1.29, 1.82) is 0 Å². The fourth-order valence-electron chi connectivity index (χ4n) is 4.55. The summed E-state index contributed by atoms with van der Waals surface area (Å²) in [7, 11) is 0. The molecule has 0 radical (unpaired) electrons. The molecule has 5 nitrogen and oxygen atoms in total. The van der Waals surface area contributed by atoms with Crippen LogP contribution < -0.4 is 10.9 Å². The zero-order valence-corrected chi connectivity index (χ0v) is 18.3. The molecule has 0 bridgehead atoms. The van der Waals surface area contributed by atoms with E-state index in [4.69, 9.17) is 0 Å². The first kappa shape index (κ1) is 20.0. The van der Waals surface area contributed by atoms with Crippen molar-refractivity contribution in [1.82, 2.24) is 15.3 Å². The molecule has 152 valence electrons. The van der Waals surface area contributed by atoms with Gasteiger partial charge in [0.2, 0.25) is 5.91 Å². The van der Waals surface area contributed by atoms with Gasteiger partial charge in [-0.25, -0.2) is 4.98 Å². The molecular formula is C21H29N3O2S2. The molecule has 2 N–H and O–H groups in total. The van der Waals surface area contributed by atoms with Crippen molar-refractivity contribution in [3.05, 3.63) is 26.6 Å². The molecule has 4 rings (SSSR count). The van der Waals surface area contributed by atoms with Crippen LogP contribution in [0.3, 0.4) is 0 Å². The van der Waals surface area contributed by atoms with Crippen LogP contribution in [0.2, 0.25) is 0 Å². The Balaban J connectivity index is 1.35. The fraction of sp³-hybridized carbons (Fsp3) is 0.667. The van der Waals surface area contributed by atoms with Crippen LogP contribution in [0.25, 0.3) is 10.2 Å². The van der Waals surface area contributed by atoms with E-state index in [1.54, 1.807) is 11.3 Å². The van der Waals surface area contributed by atoms with Crippen molar-refractivity contribution in [2.24, 2.45) is 11.8 Å². The Morgan fingerprint density at radius 1 is 1.25 bits per heavy atom. The van der Waals surface area contributed by atoms with Crippen molar-refractivity contribution in [3.63, 3.8) is 0 Å². The van der Waals surface area contributed by atoms with Gasteiger partial charge in [0.05, 0.1) is 16.9 Å². The number of amides is 1. The van der Waals surface area contributed by atoms with Gasteiger partial charge in [-0.2, -0.15) is 0 Å². The van der Waals surface area contributed by atoms with Crippen molar-refractivity contribution < 1.29 is 4.79 Å². The van der Waals surface area contributed by atoms with E-state index in [0.717, 1.165) is 35.9 Å². The molecule has 2 aromatic rings. The highest BCUT2D eigenvalue weighted by atomic mass is 32.2. The number of thiophene rings is 1. The van der Waals surface area contributed by atoms with E-state index in [1.165, 1.54) is 41.5 Å². The lowest BCUT2D eigenvalue weighted by Gasteiger charge is -2.34. The molecule has 2 aliphatic rings. The summed E-state index contributed by atoms with van der Waals surface area (Å²) < 4.78 is 0. The minimum absolute atomic E-state index is 0.0190. The Labute approximate surface area is 174 Å². The quantitative estimate of drug-likeness (QED) is 0.767. The first-order valence-corrected chi connectivity index (χ1v) is 12.4. The second-order valence-electron chi connectivity index (χ2n) is 8.34. The number of aryl methyl sites for hydroxylation is 2. The number of hydrogen-bond donors (Lipinski definition) is 2. The zero-order chi connectivity index (χ0) is 19.7. The van der Waals surface area contributed by atoms with Gasteiger partial charge in [0, 0.05) is 10.9 Å². The molecule has 28 heavy (non-hydrogen) atoms. The molecule has 0 aromatic carbocycles. The van der Waals surface area contributed by atoms with Gasteiger partial charge in [-0.05, 0) is 49.5 Å². The van der Waals surface area contributed by atoms with Crippen LogP contribution in [-0.4, -0.2) is 27.7 Å². The van der Waals surface area contributed by atoms with Crippen LogP contribution in [0.5, 0.6) is 0 Å². The Hall–Kier alpha value is -1.34. The van der Waals surface area contributed by atoms with E-state index in [9.17, 15) is 9.59 Å². The topological polar surface area (TPSA) is 74.8 Å². The van der Waals surface area contributed by atoms with Crippen LogP contribution in [0.4, 0.5) is 0 Å². The number of thioether (sulfide) groups is 1. The summed E-state index contributed by atoms with van der Waals surface area (Å²) in [4.78, 5) is 34.7. The van der Waals surface area contributed by atoms with E-state index in [0.29, 0.717) is 35.2 Å². The number of aromatic amines is 1. The van der Waals surface area contributed by atoms with Gasteiger partial charge >= 0.3 is 0 Å². The predicted molar refractivity (Wildman–Crippen MR) is 117 cm³/mol. The molecule has 1 amide bonds. The van der Waals surface area contributed by atoms with E-state index in [2.05, 4.69) is 29.1 Å². The third kappa shape index (κ3) is 4.15. The Morgan fingerprint density at radius 3 is 2.93 bits per heavy atom. The standard InChI is InChI=1S/C21H29N3O2S2/c1-12-6-5-8-15(13(12)2)22-18(25)11-27-10-17-23-20(26)19-14-7-3-4-9-16(14)28-21(19)24-17/h12-13,15H,3-11H2,1-2H3,(H,22,25)(H,23,24,26)/t12-,13+,15+/m0/s1. The molecule has 1 fully saturated rings. The third-order valence-electron chi connectivity index (χ3n) is 6.40. The lowest BCUT2D eigenvalue weighted by atomic mass is 9.78. The summed E-state index contributed by atoms with van der Waals surface area (Å²) in [6.07, 6.45) is 7.95. The van der Waals surface area contributed by atoms with Crippen molar-refractivity contribution >= 4 is 39.2 Å². The van der Waals surface area contributed by atoms with Crippen LogP contribution in [0.15, 0.2) is 4.79 Å². The molecule has 0 spiro atoms. The maximum atomic E-state index is 12.6. The number of fused-ring (bicyclic) bond motifs is 3. The number of rotatable bonds is 5. The lowest BCUT2D eigenvalue weighted by Crippen LogP contribution is -2.44. The average Bonchev–Trinajstić information content (AvgIpc) is 3.04. The smallest absolute Gasteiger partial charge is 0.259 e. The van der Waals surface area contributed by atoms with Gasteiger partial charge in [0.1, 0.15) is 10.7 Å². The first-order valence-electron chi connectivity index (χ1n) is 10.4. The second-order valence-corrected chi connectivity index (χ2v) is 10.4. The number of hydrogen-bond acceptors (Lipinski definition) is 5. The average molecular weight is 420 g/mol. The Kier molecular flexibility index (Phi) is 6.11. The summed E-state index contributed by atoms with van der Waals surface area (Å²) in [5, 5.41) is 4.01. The summed E-state index contributed by atoms with van der Waals surface area (Å²) in [5.41, 5.74) is 1.20. The fourth-order valence-corrected chi connectivity index (χ4v) is 6.53. The van der Waals surface area contributed by atoms with Gasteiger partial charge < -0.3 is 10.3 Å². The molecule has 0 aliphatic heterocycles. The second kappa shape index (κ2) is 8.57. The van der Waals surface area contributed by atoms with E-state index >= 15 is 0 Å². The number of carbonyl (C=O) groups excluding carboxylic acids is 1. The highest BCUT2D eigenvalue weighted by Gasteiger charge is 2.28. The highest BCUT2D eigenvalue weighted by Crippen LogP contribution is 2.33. The van der Waals surface area contributed by atoms with Gasteiger partial charge in [0.25, 0.3) is 5.56 Å². The lowest BCUT2D eigenvalue weighted by molar-refractivity contribution is -0.119. The monoisotopic (exact) mass is 419 g/mol. The normalized spacial score (nSPS) is 24.9. The van der Waals surface area contributed by atoms with E-state index in [1.807, 2.05) is 0 Å². The van der Waals surface area contributed by atoms with Crippen LogP contribution in [0, 0.1) is 11.8 Å². The molecule has 2 aromatic heterocycles. The SMILES string of the molecule is C[C@@H]1[C@@H](C)CCC[C@H]1NC(=O)CSCc1nc2sc3c(c2c(=O)[nH]1)CCCC3. The van der Waals surface area contributed by atoms with Crippen LogP contribution in [-0.2, 0) is 23.4 Å². The van der Waals surface area contributed by atoms with Crippen LogP contribution >= 0.6 is 23.1 Å². The summed E-state index contributed by atoms with van der Waals surface area (Å²) in [6.45, 7) is 4.52. The van der Waals surface area contributed by atoms with Gasteiger partial charge in [0.15, 0.2) is 0 Å². The van der Waals surface area contributed by atoms with Gasteiger partial charge in [-0.15, -0.1) is 23.1 Å². The minimum atomic E-state index is -0.0190. The molecule has 7 heteroatoms. The van der Waals surface area contributed by atoms with E-state index < -0.39 is 0 Å².